The van der Waals surface area contributed by atoms with Gasteiger partial charge in [-0.2, -0.15) is 0 Å². The summed E-state index contributed by atoms with van der Waals surface area (Å²) in [4.78, 5) is 0. The normalized spacial score (nSPS) is 30.1. The van der Waals surface area contributed by atoms with E-state index in [0.29, 0.717) is 11.8 Å². The second-order valence-electron chi connectivity index (χ2n) is 5.99. The van der Waals surface area contributed by atoms with E-state index in [1.54, 1.807) is 14.2 Å². The number of hydrogen-bond acceptors (Lipinski definition) is 3. The summed E-state index contributed by atoms with van der Waals surface area (Å²) in [6, 6.07) is 4.01. The second-order valence-corrected chi connectivity index (χ2v) is 6.78. The highest BCUT2D eigenvalue weighted by Crippen LogP contribution is 2.48. The summed E-state index contributed by atoms with van der Waals surface area (Å²) in [5.41, 5.74) is 7.55. The molecule has 0 amide bonds. The van der Waals surface area contributed by atoms with Crippen molar-refractivity contribution in [2.75, 3.05) is 14.2 Å². The van der Waals surface area contributed by atoms with Crippen molar-refractivity contribution < 1.29 is 9.47 Å². The fourth-order valence-electron chi connectivity index (χ4n) is 3.31. The summed E-state index contributed by atoms with van der Waals surface area (Å²) in [6.45, 7) is 4.52. The Hall–Kier alpha value is -0.740. The Balaban J connectivity index is 2.53. The quantitative estimate of drug-likeness (QED) is 0.900. The number of halogens is 1. The molecule has 2 N–H and O–H groups in total. The Labute approximate surface area is 130 Å². The Morgan fingerprint density at radius 1 is 1.20 bits per heavy atom. The van der Waals surface area contributed by atoms with E-state index in [1.807, 2.05) is 6.07 Å². The lowest BCUT2D eigenvalue weighted by atomic mass is 9.67. The van der Waals surface area contributed by atoms with E-state index in [0.717, 1.165) is 34.4 Å². The topological polar surface area (TPSA) is 44.5 Å². The van der Waals surface area contributed by atoms with Crippen LogP contribution < -0.4 is 15.2 Å². The number of rotatable bonds is 3. The highest BCUT2D eigenvalue weighted by atomic mass is 79.9. The smallest absolute Gasteiger partial charge is 0.141 e. The Bertz CT molecular complexity index is 492. The second kappa shape index (κ2) is 5.94. The zero-order valence-corrected chi connectivity index (χ0v) is 14.3. The van der Waals surface area contributed by atoms with Crippen LogP contribution in [0, 0.1) is 11.8 Å². The Kier molecular flexibility index (Phi) is 4.65. The number of nitrogens with two attached hydrogens (primary N) is 1. The molecule has 0 saturated heterocycles. The monoisotopic (exact) mass is 341 g/mol. The Morgan fingerprint density at radius 3 is 2.50 bits per heavy atom. The van der Waals surface area contributed by atoms with Gasteiger partial charge in [0.25, 0.3) is 0 Å². The third kappa shape index (κ3) is 2.56. The van der Waals surface area contributed by atoms with Crippen LogP contribution in [0.25, 0.3) is 0 Å². The molecule has 1 saturated carbocycles. The molecule has 112 valence electrons. The van der Waals surface area contributed by atoms with E-state index < -0.39 is 0 Å². The fourth-order valence-corrected chi connectivity index (χ4v) is 3.98. The molecule has 3 unspecified atom stereocenters. The molecule has 4 heteroatoms. The SMILES string of the molecule is COc1ccc(C2(N)CC(C)CCC2C)c(OC)c1Br. The average molecular weight is 342 g/mol. The van der Waals surface area contributed by atoms with Gasteiger partial charge in [-0.1, -0.05) is 20.3 Å². The molecule has 0 spiro atoms. The van der Waals surface area contributed by atoms with E-state index in [-0.39, 0.29) is 5.54 Å². The van der Waals surface area contributed by atoms with Gasteiger partial charge >= 0.3 is 0 Å². The molecule has 1 fully saturated rings. The molecular formula is C16H24BrNO2. The lowest BCUT2D eigenvalue weighted by molar-refractivity contribution is 0.158. The summed E-state index contributed by atoms with van der Waals surface area (Å²) in [5.74, 6) is 2.65. The summed E-state index contributed by atoms with van der Waals surface area (Å²) < 4.78 is 11.8. The maximum absolute atomic E-state index is 6.81. The highest BCUT2D eigenvalue weighted by molar-refractivity contribution is 9.10. The van der Waals surface area contributed by atoms with Crippen molar-refractivity contribution in [1.82, 2.24) is 0 Å². The van der Waals surface area contributed by atoms with Crippen LogP contribution in [0.4, 0.5) is 0 Å². The van der Waals surface area contributed by atoms with E-state index in [9.17, 15) is 0 Å². The van der Waals surface area contributed by atoms with E-state index in [4.69, 9.17) is 15.2 Å². The van der Waals surface area contributed by atoms with Gasteiger partial charge in [0.1, 0.15) is 16.0 Å². The molecule has 0 aromatic heterocycles. The summed E-state index contributed by atoms with van der Waals surface area (Å²) in [7, 11) is 3.34. The zero-order valence-electron chi connectivity index (χ0n) is 12.7. The minimum absolute atomic E-state index is 0.336. The maximum Gasteiger partial charge on any atom is 0.141 e. The Morgan fingerprint density at radius 2 is 1.90 bits per heavy atom. The van der Waals surface area contributed by atoms with Crippen molar-refractivity contribution in [2.24, 2.45) is 17.6 Å². The van der Waals surface area contributed by atoms with Crippen LogP contribution in [0.5, 0.6) is 11.5 Å². The predicted molar refractivity (Wildman–Crippen MR) is 85.3 cm³/mol. The number of hydrogen-bond donors (Lipinski definition) is 1. The minimum atomic E-state index is -0.336. The van der Waals surface area contributed by atoms with Gasteiger partial charge in [0.2, 0.25) is 0 Å². The molecule has 3 atom stereocenters. The zero-order chi connectivity index (χ0) is 14.9. The number of benzene rings is 1. The van der Waals surface area contributed by atoms with Crippen LogP contribution in [0.3, 0.4) is 0 Å². The highest BCUT2D eigenvalue weighted by Gasteiger charge is 2.41. The van der Waals surface area contributed by atoms with Crippen LogP contribution >= 0.6 is 15.9 Å². The van der Waals surface area contributed by atoms with E-state index >= 15 is 0 Å². The molecule has 0 aliphatic heterocycles. The molecule has 3 nitrogen and oxygen atoms in total. The molecule has 1 aliphatic rings. The summed E-state index contributed by atoms with van der Waals surface area (Å²) in [6.07, 6.45) is 3.40. The molecule has 0 bridgehead atoms. The molecular weight excluding hydrogens is 318 g/mol. The number of ether oxygens (including phenoxy) is 2. The van der Waals surface area contributed by atoms with Crippen molar-refractivity contribution in [3.05, 3.63) is 22.2 Å². The lowest BCUT2D eigenvalue weighted by Gasteiger charge is -2.43. The van der Waals surface area contributed by atoms with Crippen LogP contribution in [0.2, 0.25) is 0 Å². The van der Waals surface area contributed by atoms with Gasteiger partial charge in [-0.15, -0.1) is 0 Å². The first kappa shape index (κ1) is 15.6. The first-order chi connectivity index (χ1) is 9.43. The standard InChI is InChI=1S/C16H24BrNO2/c1-10-5-6-11(2)16(18,9-10)12-7-8-13(19-3)14(17)15(12)20-4/h7-8,10-11H,5-6,9,18H2,1-4H3. The molecule has 1 aromatic rings. The van der Waals surface area contributed by atoms with Gasteiger partial charge in [0.05, 0.1) is 14.2 Å². The van der Waals surface area contributed by atoms with E-state index in [1.165, 1.54) is 6.42 Å². The first-order valence-corrected chi connectivity index (χ1v) is 7.93. The van der Waals surface area contributed by atoms with Crippen molar-refractivity contribution in [3.8, 4) is 11.5 Å². The van der Waals surface area contributed by atoms with Gasteiger partial charge in [-0.25, -0.2) is 0 Å². The van der Waals surface area contributed by atoms with Crippen LogP contribution in [0.15, 0.2) is 16.6 Å². The molecule has 1 aliphatic carbocycles. The number of methoxy groups -OCH3 is 2. The fraction of sp³-hybridized carbons (Fsp3) is 0.625. The van der Waals surface area contributed by atoms with Gasteiger partial charge in [-0.3, -0.25) is 0 Å². The average Bonchev–Trinajstić information content (AvgIpc) is 2.42. The van der Waals surface area contributed by atoms with E-state index in [2.05, 4.69) is 35.8 Å². The third-order valence-electron chi connectivity index (χ3n) is 4.65. The summed E-state index contributed by atoms with van der Waals surface area (Å²) in [5, 5.41) is 0. The molecule has 20 heavy (non-hydrogen) atoms. The van der Waals surface area contributed by atoms with Crippen molar-refractivity contribution in [3.63, 3.8) is 0 Å². The molecule has 1 aromatic carbocycles. The third-order valence-corrected chi connectivity index (χ3v) is 5.40. The van der Waals surface area contributed by atoms with Gasteiger partial charge in [-0.05, 0) is 52.7 Å². The molecule has 2 rings (SSSR count). The maximum atomic E-state index is 6.81. The largest absolute Gasteiger partial charge is 0.495 e. The van der Waals surface area contributed by atoms with Crippen molar-refractivity contribution >= 4 is 15.9 Å². The van der Waals surface area contributed by atoms with Crippen molar-refractivity contribution in [1.29, 1.82) is 0 Å². The molecule has 0 heterocycles. The van der Waals surface area contributed by atoms with Gasteiger partial charge in [0.15, 0.2) is 0 Å². The van der Waals surface area contributed by atoms with Crippen molar-refractivity contribution in [2.45, 2.75) is 38.6 Å². The van der Waals surface area contributed by atoms with Crippen LogP contribution in [0.1, 0.15) is 38.7 Å². The molecule has 0 radical (unpaired) electrons. The predicted octanol–water partition coefficient (Wildman–Crippen LogP) is 4.08. The minimum Gasteiger partial charge on any atom is -0.495 e. The van der Waals surface area contributed by atoms with Gasteiger partial charge in [0, 0.05) is 11.1 Å². The summed E-state index contributed by atoms with van der Waals surface area (Å²) >= 11 is 3.57. The van der Waals surface area contributed by atoms with Gasteiger partial charge < -0.3 is 15.2 Å². The first-order valence-electron chi connectivity index (χ1n) is 7.13. The van der Waals surface area contributed by atoms with Crippen LogP contribution in [-0.4, -0.2) is 14.2 Å². The van der Waals surface area contributed by atoms with Crippen LogP contribution in [-0.2, 0) is 5.54 Å². The lowest BCUT2D eigenvalue weighted by Crippen LogP contribution is -2.47.